The normalized spacial score (nSPS) is 26.4. The van der Waals surface area contributed by atoms with Crippen molar-refractivity contribution < 1.29 is 14.3 Å². The standard InChI is InChI=1S/C15H30N2O3/c1-3-13-5-7-15(12-16,8-6-13)20-11-14(18)17-9-4-10-19-2/h13H,3-12,16H2,1-2H3,(H,17,18). The molecule has 0 aromatic heterocycles. The summed E-state index contributed by atoms with van der Waals surface area (Å²) < 4.78 is 10.8. The number of carbonyl (C=O) groups is 1. The fraction of sp³-hybridized carbons (Fsp3) is 0.933. The molecule has 0 aliphatic heterocycles. The van der Waals surface area contributed by atoms with E-state index in [2.05, 4.69) is 12.2 Å². The first-order valence-electron chi connectivity index (χ1n) is 7.75. The van der Waals surface area contributed by atoms with Crippen LogP contribution in [-0.2, 0) is 14.3 Å². The van der Waals surface area contributed by atoms with Crippen molar-refractivity contribution in [3.8, 4) is 0 Å². The summed E-state index contributed by atoms with van der Waals surface area (Å²) in [6.07, 6.45) is 6.30. The van der Waals surface area contributed by atoms with Crippen molar-refractivity contribution in [2.24, 2.45) is 11.7 Å². The highest BCUT2D eigenvalue weighted by Gasteiger charge is 2.35. The highest BCUT2D eigenvalue weighted by Crippen LogP contribution is 2.35. The van der Waals surface area contributed by atoms with Crippen molar-refractivity contribution in [2.45, 2.75) is 51.0 Å². The average Bonchev–Trinajstić information content (AvgIpc) is 2.50. The Morgan fingerprint density at radius 3 is 2.65 bits per heavy atom. The maximum absolute atomic E-state index is 11.7. The summed E-state index contributed by atoms with van der Waals surface area (Å²) >= 11 is 0. The van der Waals surface area contributed by atoms with Gasteiger partial charge >= 0.3 is 0 Å². The maximum Gasteiger partial charge on any atom is 0.246 e. The van der Waals surface area contributed by atoms with Gasteiger partial charge in [0.25, 0.3) is 0 Å². The van der Waals surface area contributed by atoms with Gasteiger partial charge in [0, 0.05) is 26.8 Å². The van der Waals surface area contributed by atoms with Gasteiger partial charge in [0.05, 0.1) is 5.60 Å². The van der Waals surface area contributed by atoms with Crippen LogP contribution in [0.5, 0.6) is 0 Å². The summed E-state index contributed by atoms with van der Waals surface area (Å²) in [5.41, 5.74) is 5.60. The Labute approximate surface area is 122 Å². The number of hydrogen-bond donors (Lipinski definition) is 2. The third-order valence-electron chi connectivity index (χ3n) is 4.32. The fourth-order valence-electron chi connectivity index (χ4n) is 2.73. The molecule has 5 nitrogen and oxygen atoms in total. The van der Waals surface area contributed by atoms with Crippen molar-refractivity contribution in [1.29, 1.82) is 0 Å². The Hall–Kier alpha value is -0.650. The predicted molar refractivity (Wildman–Crippen MR) is 79.5 cm³/mol. The van der Waals surface area contributed by atoms with Crippen LogP contribution in [0.15, 0.2) is 0 Å². The summed E-state index contributed by atoms with van der Waals surface area (Å²) in [5, 5.41) is 2.83. The molecule has 1 aliphatic carbocycles. The van der Waals surface area contributed by atoms with Crippen molar-refractivity contribution in [1.82, 2.24) is 5.32 Å². The van der Waals surface area contributed by atoms with E-state index in [4.69, 9.17) is 15.2 Å². The largest absolute Gasteiger partial charge is 0.385 e. The molecule has 0 aromatic carbocycles. The average molecular weight is 286 g/mol. The van der Waals surface area contributed by atoms with Gasteiger partial charge in [-0.05, 0) is 38.0 Å². The van der Waals surface area contributed by atoms with Crippen LogP contribution in [0.1, 0.15) is 45.4 Å². The van der Waals surface area contributed by atoms with E-state index in [9.17, 15) is 4.79 Å². The minimum absolute atomic E-state index is 0.0634. The monoisotopic (exact) mass is 286 g/mol. The number of hydrogen-bond acceptors (Lipinski definition) is 4. The van der Waals surface area contributed by atoms with Crippen LogP contribution in [0.4, 0.5) is 0 Å². The third-order valence-corrected chi connectivity index (χ3v) is 4.32. The van der Waals surface area contributed by atoms with E-state index in [1.165, 1.54) is 6.42 Å². The Kier molecular flexibility index (Phi) is 8.11. The van der Waals surface area contributed by atoms with Gasteiger partial charge in [0.15, 0.2) is 0 Å². The fourth-order valence-corrected chi connectivity index (χ4v) is 2.73. The first-order valence-corrected chi connectivity index (χ1v) is 7.75. The molecule has 118 valence electrons. The first-order chi connectivity index (χ1) is 9.65. The van der Waals surface area contributed by atoms with Gasteiger partial charge in [0.1, 0.15) is 6.61 Å². The summed E-state index contributed by atoms with van der Waals surface area (Å²) in [4.78, 5) is 11.7. The van der Waals surface area contributed by atoms with Crippen LogP contribution >= 0.6 is 0 Å². The summed E-state index contributed by atoms with van der Waals surface area (Å²) in [6, 6.07) is 0. The van der Waals surface area contributed by atoms with E-state index in [1.54, 1.807) is 7.11 Å². The molecule has 0 atom stereocenters. The summed E-state index contributed by atoms with van der Waals surface area (Å²) in [5.74, 6) is 0.729. The molecule has 0 saturated heterocycles. The molecule has 1 amide bonds. The molecule has 20 heavy (non-hydrogen) atoms. The quantitative estimate of drug-likeness (QED) is 0.629. The summed E-state index contributed by atoms with van der Waals surface area (Å²) in [6.45, 7) is 4.13. The van der Waals surface area contributed by atoms with Crippen molar-refractivity contribution in [3.63, 3.8) is 0 Å². The Bertz CT molecular complexity index is 276. The zero-order valence-electron chi connectivity index (χ0n) is 13.0. The van der Waals surface area contributed by atoms with Gasteiger partial charge < -0.3 is 20.5 Å². The Balaban J connectivity index is 2.25. The molecule has 0 heterocycles. The SMILES string of the molecule is CCC1CCC(CN)(OCC(=O)NCCCOC)CC1. The van der Waals surface area contributed by atoms with E-state index < -0.39 is 0 Å². The van der Waals surface area contributed by atoms with Crippen LogP contribution < -0.4 is 11.1 Å². The second kappa shape index (κ2) is 9.32. The van der Waals surface area contributed by atoms with Crippen LogP contribution in [0.2, 0.25) is 0 Å². The Morgan fingerprint density at radius 1 is 1.40 bits per heavy atom. The highest BCUT2D eigenvalue weighted by molar-refractivity contribution is 5.77. The van der Waals surface area contributed by atoms with E-state index in [0.29, 0.717) is 19.7 Å². The molecule has 1 rings (SSSR count). The molecular weight excluding hydrogens is 256 g/mol. The van der Waals surface area contributed by atoms with E-state index >= 15 is 0 Å². The highest BCUT2D eigenvalue weighted by atomic mass is 16.5. The second-order valence-electron chi connectivity index (χ2n) is 5.72. The smallest absolute Gasteiger partial charge is 0.246 e. The topological polar surface area (TPSA) is 73.6 Å². The van der Waals surface area contributed by atoms with Crippen molar-refractivity contribution in [2.75, 3.05) is 33.4 Å². The molecular formula is C15H30N2O3. The number of nitrogens with two attached hydrogens (primary N) is 1. The van der Waals surface area contributed by atoms with Crippen LogP contribution in [0, 0.1) is 5.92 Å². The van der Waals surface area contributed by atoms with Gasteiger partial charge in [0.2, 0.25) is 5.91 Å². The molecule has 0 radical (unpaired) electrons. The first kappa shape index (κ1) is 17.4. The van der Waals surface area contributed by atoms with Crippen LogP contribution in [0.3, 0.4) is 0 Å². The number of carbonyl (C=O) groups excluding carboxylic acids is 1. The lowest BCUT2D eigenvalue weighted by Crippen LogP contribution is -2.46. The van der Waals surface area contributed by atoms with Gasteiger partial charge in [-0.3, -0.25) is 4.79 Å². The minimum Gasteiger partial charge on any atom is -0.385 e. The van der Waals surface area contributed by atoms with Crippen LogP contribution in [-0.4, -0.2) is 44.9 Å². The molecule has 0 bridgehead atoms. The van der Waals surface area contributed by atoms with Gasteiger partial charge in [-0.15, -0.1) is 0 Å². The third kappa shape index (κ3) is 5.77. The molecule has 0 aromatic rings. The van der Waals surface area contributed by atoms with Crippen molar-refractivity contribution in [3.05, 3.63) is 0 Å². The van der Waals surface area contributed by atoms with Gasteiger partial charge in [-0.1, -0.05) is 13.3 Å². The van der Waals surface area contributed by atoms with E-state index in [1.807, 2.05) is 0 Å². The number of amides is 1. The predicted octanol–water partition coefficient (Wildman–Crippen LogP) is 1.45. The number of rotatable bonds is 9. The zero-order chi connectivity index (χ0) is 14.8. The lowest BCUT2D eigenvalue weighted by Gasteiger charge is -2.39. The van der Waals surface area contributed by atoms with Crippen molar-refractivity contribution >= 4 is 5.91 Å². The zero-order valence-corrected chi connectivity index (χ0v) is 13.0. The number of methoxy groups -OCH3 is 1. The molecule has 1 aliphatic rings. The number of nitrogens with one attached hydrogen (secondary N) is 1. The molecule has 3 N–H and O–H groups in total. The molecule has 0 unspecified atom stereocenters. The van der Waals surface area contributed by atoms with Gasteiger partial charge in [-0.25, -0.2) is 0 Å². The van der Waals surface area contributed by atoms with Gasteiger partial charge in [-0.2, -0.15) is 0 Å². The Morgan fingerprint density at radius 2 is 2.10 bits per heavy atom. The lowest BCUT2D eigenvalue weighted by molar-refractivity contribution is -0.136. The minimum atomic E-state index is -0.282. The second-order valence-corrected chi connectivity index (χ2v) is 5.72. The lowest BCUT2D eigenvalue weighted by atomic mass is 9.77. The van der Waals surface area contributed by atoms with E-state index in [0.717, 1.165) is 38.0 Å². The summed E-state index contributed by atoms with van der Waals surface area (Å²) in [7, 11) is 1.66. The van der Waals surface area contributed by atoms with Crippen LogP contribution in [0.25, 0.3) is 0 Å². The van der Waals surface area contributed by atoms with E-state index in [-0.39, 0.29) is 18.1 Å². The maximum atomic E-state index is 11.7. The number of ether oxygens (including phenoxy) is 2. The molecule has 1 fully saturated rings. The molecule has 1 saturated carbocycles. The molecule has 5 heteroatoms. The molecule has 0 spiro atoms.